The van der Waals surface area contributed by atoms with E-state index in [2.05, 4.69) is 10.6 Å². The van der Waals surface area contributed by atoms with Crippen molar-refractivity contribution < 1.29 is 23.5 Å². The van der Waals surface area contributed by atoms with Gasteiger partial charge in [0.2, 0.25) is 11.8 Å². The van der Waals surface area contributed by atoms with Gasteiger partial charge in [0.15, 0.2) is 0 Å². The molecule has 2 atom stereocenters. The van der Waals surface area contributed by atoms with Crippen molar-refractivity contribution in [1.29, 1.82) is 0 Å². The fraction of sp³-hybridized carbons (Fsp3) is 0.526. The normalized spacial score (nSPS) is 13.0. The van der Waals surface area contributed by atoms with E-state index in [9.17, 15) is 18.8 Å². The van der Waals surface area contributed by atoms with Gasteiger partial charge in [0.1, 0.15) is 11.9 Å². The van der Waals surface area contributed by atoms with Gasteiger partial charge in [0.05, 0.1) is 7.11 Å². The molecule has 2 N–H and O–H groups in total. The Hall–Kier alpha value is -2.44. The Kier molecular flexibility index (Phi) is 8.75. The number of nitrogens with one attached hydrogen (secondary N) is 2. The lowest BCUT2D eigenvalue weighted by Crippen LogP contribution is -2.42. The predicted molar refractivity (Wildman–Crippen MR) is 96.8 cm³/mol. The van der Waals surface area contributed by atoms with Crippen LogP contribution in [0.4, 0.5) is 10.1 Å². The topological polar surface area (TPSA) is 84.5 Å². The number of benzene rings is 1. The summed E-state index contributed by atoms with van der Waals surface area (Å²) in [5, 5.41) is 5.33. The number of ether oxygens (including phenoxy) is 1. The molecule has 0 saturated carbocycles. The molecule has 0 aromatic heterocycles. The van der Waals surface area contributed by atoms with Crippen molar-refractivity contribution in [2.24, 2.45) is 11.8 Å². The summed E-state index contributed by atoms with van der Waals surface area (Å²) >= 11 is 0. The summed E-state index contributed by atoms with van der Waals surface area (Å²) in [5.41, 5.74) is 0.496. The second-order valence-corrected chi connectivity index (χ2v) is 6.84. The molecule has 0 bridgehead atoms. The van der Waals surface area contributed by atoms with Crippen LogP contribution in [0, 0.1) is 17.7 Å². The summed E-state index contributed by atoms with van der Waals surface area (Å²) < 4.78 is 17.6. The van der Waals surface area contributed by atoms with Crippen LogP contribution >= 0.6 is 0 Å². The lowest BCUT2D eigenvalue weighted by atomic mass is 10.0. The molecule has 144 valence electrons. The van der Waals surface area contributed by atoms with E-state index in [4.69, 9.17) is 4.74 Å². The fourth-order valence-electron chi connectivity index (χ4n) is 2.53. The molecule has 0 aliphatic heterocycles. The van der Waals surface area contributed by atoms with Crippen LogP contribution in [0.3, 0.4) is 0 Å². The van der Waals surface area contributed by atoms with E-state index in [0.717, 1.165) is 0 Å². The number of hydrogen-bond donors (Lipinski definition) is 2. The Bertz CT molecular complexity index is 616. The smallest absolute Gasteiger partial charge is 0.328 e. The van der Waals surface area contributed by atoms with E-state index in [1.165, 1.54) is 31.4 Å². The van der Waals surface area contributed by atoms with Crippen molar-refractivity contribution in [3.8, 4) is 0 Å². The largest absolute Gasteiger partial charge is 0.467 e. The first-order chi connectivity index (χ1) is 12.2. The summed E-state index contributed by atoms with van der Waals surface area (Å²) in [6, 6.07) is 4.77. The number of methoxy groups -OCH3 is 1. The van der Waals surface area contributed by atoms with Gasteiger partial charge in [-0.1, -0.05) is 20.8 Å². The second-order valence-electron chi connectivity index (χ2n) is 6.84. The van der Waals surface area contributed by atoms with E-state index >= 15 is 0 Å². The third-order valence-corrected chi connectivity index (χ3v) is 3.72. The molecule has 26 heavy (non-hydrogen) atoms. The number of halogens is 1. The molecule has 0 aliphatic carbocycles. The van der Waals surface area contributed by atoms with Crippen LogP contribution in [-0.2, 0) is 19.1 Å². The Morgan fingerprint density at radius 1 is 1.04 bits per heavy atom. The molecule has 0 radical (unpaired) electrons. The molecule has 2 unspecified atom stereocenters. The molecular formula is C19H27FN2O4. The first kappa shape index (κ1) is 21.6. The highest BCUT2D eigenvalue weighted by molar-refractivity contribution is 5.91. The number of carbonyl (C=O) groups is 3. The average Bonchev–Trinajstić information content (AvgIpc) is 2.54. The fourth-order valence-corrected chi connectivity index (χ4v) is 2.53. The molecular weight excluding hydrogens is 339 g/mol. The molecule has 7 heteroatoms. The molecule has 1 aromatic carbocycles. The van der Waals surface area contributed by atoms with E-state index in [1.54, 1.807) is 6.92 Å². The van der Waals surface area contributed by atoms with Gasteiger partial charge in [0.25, 0.3) is 0 Å². The van der Waals surface area contributed by atoms with Crippen LogP contribution in [0.15, 0.2) is 24.3 Å². The number of carbonyl (C=O) groups excluding carboxylic acids is 3. The summed E-state index contributed by atoms with van der Waals surface area (Å²) in [6.45, 7) is 5.68. The molecule has 2 amide bonds. The summed E-state index contributed by atoms with van der Waals surface area (Å²) in [5.74, 6) is -1.42. The van der Waals surface area contributed by atoms with Crippen LogP contribution in [0.2, 0.25) is 0 Å². The van der Waals surface area contributed by atoms with Gasteiger partial charge in [-0.2, -0.15) is 0 Å². The minimum atomic E-state index is -0.687. The average molecular weight is 366 g/mol. The lowest BCUT2D eigenvalue weighted by molar-refractivity contribution is -0.145. The van der Waals surface area contributed by atoms with E-state index < -0.39 is 12.0 Å². The SMILES string of the molecule is COC(=O)C(CC(C)C)NC(=O)CC(C)CC(=O)Nc1ccc(F)cc1. The third-order valence-electron chi connectivity index (χ3n) is 3.72. The van der Waals surface area contributed by atoms with Crippen LogP contribution in [0.1, 0.15) is 40.0 Å². The number of amides is 2. The number of anilines is 1. The van der Waals surface area contributed by atoms with Crippen LogP contribution < -0.4 is 10.6 Å². The molecule has 1 rings (SSSR count). The third kappa shape index (κ3) is 8.09. The highest BCUT2D eigenvalue weighted by atomic mass is 19.1. The number of rotatable bonds is 9. The predicted octanol–water partition coefficient (Wildman–Crippen LogP) is 2.88. The van der Waals surface area contributed by atoms with Crippen molar-refractivity contribution in [2.45, 2.75) is 46.1 Å². The molecule has 0 spiro atoms. The maximum Gasteiger partial charge on any atom is 0.328 e. The summed E-state index contributed by atoms with van der Waals surface area (Å²) in [4.78, 5) is 35.9. The molecule has 1 aromatic rings. The van der Waals surface area contributed by atoms with Crippen molar-refractivity contribution in [2.75, 3.05) is 12.4 Å². The van der Waals surface area contributed by atoms with Crippen LogP contribution in [0.5, 0.6) is 0 Å². The number of esters is 1. The van der Waals surface area contributed by atoms with Gasteiger partial charge >= 0.3 is 5.97 Å². The lowest BCUT2D eigenvalue weighted by Gasteiger charge is -2.19. The zero-order chi connectivity index (χ0) is 19.7. The Morgan fingerprint density at radius 3 is 2.15 bits per heavy atom. The van der Waals surface area contributed by atoms with Gasteiger partial charge in [-0.3, -0.25) is 9.59 Å². The molecule has 0 saturated heterocycles. The summed E-state index contributed by atoms with van der Waals surface area (Å²) in [6.07, 6.45) is 0.734. The minimum Gasteiger partial charge on any atom is -0.467 e. The van der Waals surface area contributed by atoms with E-state index in [-0.39, 0.29) is 42.3 Å². The van der Waals surface area contributed by atoms with Crippen molar-refractivity contribution in [3.05, 3.63) is 30.1 Å². The van der Waals surface area contributed by atoms with Gasteiger partial charge in [0, 0.05) is 18.5 Å². The number of hydrogen-bond acceptors (Lipinski definition) is 4. The molecule has 0 fully saturated rings. The minimum absolute atomic E-state index is 0.114. The highest BCUT2D eigenvalue weighted by Crippen LogP contribution is 2.13. The van der Waals surface area contributed by atoms with Crippen molar-refractivity contribution >= 4 is 23.5 Å². The van der Waals surface area contributed by atoms with Crippen molar-refractivity contribution in [3.63, 3.8) is 0 Å². The molecule has 6 nitrogen and oxygen atoms in total. The zero-order valence-electron chi connectivity index (χ0n) is 15.7. The second kappa shape index (κ2) is 10.5. The van der Waals surface area contributed by atoms with Gasteiger partial charge < -0.3 is 15.4 Å². The maximum absolute atomic E-state index is 12.9. The molecule has 0 aliphatic rings. The van der Waals surface area contributed by atoms with Crippen molar-refractivity contribution in [1.82, 2.24) is 5.32 Å². The Balaban J connectivity index is 2.48. The molecule has 0 heterocycles. The maximum atomic E-state index is 12.9. The van der Waals surface area contributed by atoms with Gasteiger partial charge in [-0.05, 0) is 42.5 Å². The van der Waals surface area contributed by atoms with E-state index in [1.807, 2.05) is 13.8 Å². The van der Waals surface area contributed by atoms with Gasteiger partial charge in [-0.25, -0.2) is 9.18 Å². The Labute approximate surface area is 153 Å². The standard InChI is InChI=1S/C19H27FN2O4/c1-12(2)9-16(19(25)26-4)22-18(24)11-13(3)10-17(23)21-15-7-5-14(20)6-8-15/h5-8,12-13,16H,9-11H2,1-4H3,(H,21,23)(H,22,24). The first-order valence-electron chi connectivity index (χ1n) is 8.63. The van der Waals surface area contributed by atoms with Crippen LogP contribution in [-0.4, -0.2) is 30.9 Å². The highest BCUT2D eigenvalue weighted by Gasteiger charge is 2.23. The first-order valence-corrected chi connectivity index (χ1v) is 8.63. The summed E-state index contributed by atoms with van der Waals surface area (Å²) in [7, 11) is 1.28. The Morgan fingerprint density at radius 2 is 1.62 bits per heavy atom. The van der Waals surface area contributed by atoms with Crippen LogP contribution in [0.25, 0.3) is 0 Å². The monoisotopic (exact) mass is 366 g/mol. The quantitative estimate of drug-likeness (QED) is 0.658. The van der Waals surface area contributed by atoms with E-state index in [0.29, 0.717) is 12.1 Å². The van der Waals surface area contributed by atoms with Gasteiger partial charge in [-0.15, -0.1) is 0 Å². The zero-order valence-corrected chi connectivity index (χ0v) is 15.7.